The van der Waals surface area contributed by atoms with Gasteiger partial charge in [0.25, 0.3) is 0 Å². The van der Waals surface area contributed by atoms with E-state index in [0.717, 1.165) is 30.5 Å². The molecule has 2 heterocycles. The molecule has 3 unspecified atom stereocenters. The van der Waals surface area contributed by atoms with Gasteiger partial charge >= 0.3 is 5.90 Å². The molecule has 1 aromatic carbocycles. The van der Waals surface area contributed by atoms with E-state index in [1.54, 1.807) is 0 Å². The molecule has 0 N–H and O–H groups in total. The Morgan fingerprint density at radius 1 is 1.00 bits per heavy atom. The molecule has 194 valence electrons. The molecule has 5 rings (SSSR count). The molecule has 3 nitrogen and oxygen atoms in total. The summed E-state index contributed by atoms with van der Waals surface area (Å²) in [6, 6.07) is 12.7. The van der Waals surface area contributed by atoms with E-state index in [2.05, 4.69) is 53.8 Å². The summed E-state index contributed by atoms with van der Waals surface area (Å²) < 4.78 is 9.28. The molecule has 0 radical (unpaired) electrons. The predicted octanol–water partition coefficient (Wildman–Crippen LogP) is 7.08. The SMILES string of the molecule is CCCC1CC[N+]2=C(OCCCCN(C)C3CCC(Cc4ccccc4)CC3)CC13CCCCC23. The number of piperidine rings is 1. The Labute approximate surface area is 215 Å². The van der Waals surface area contributed by atoms with Crippen LogP contribution in [0.5, 0.6) is 0 Å². The Bertz CT molecular complexity index is 827. The minimum Gasteiger partial charge on any atom is -0.448 e. The largest absolute Gasteiger partial charge is 0.448 e. The minimum atomic E-state index is 0.557. The van der Waals surface area contributed by atoms with Crippen LogP contribution in [-0.4, -0.2) is 54.2 Å². The van der Waals surface area contributed by atoms with Gasteiger partial charge in [0.1, 0.15) is 6.54 Å². The lowest BCUT2D eigenvalue weighted by Crippen LogP contribution is -2.50. The third-order valence-electron chi connectivity index (χ3n) is 10.4. The fraction of sp³-hybridized carbons (Fsp3) is 0.781. The quantitative estimate of drug-likeness (QED) is 0.263. The number of nitrogens with zero attached hydrogens (tertiary/aromatic N) is 2. The van der Waals surface area contributed by atoms with Crippen molar-refractivity contribution in [3.63, 3.8) is 0 Å². The van der Waals surface area contributed by atoms with E-state index in [4.69, 9.17) is 4.74 Å². The van der Waals surface area contributed by atoms with Crippen LogP contribution in [0, 0.1) is 17.3 Å². The Morgan fingerprint density at radius 2 is 1.83 bits per heavy atom. The fourth-order valence-corrected chi connectivity index (χ4v) is 8.45. The first kappa shape index (κ1) is 25.3. The number of hydrogen-bond donors (Lipinski definition) is 0. The molecule has 2 saturated carbocycles. The zero-order chi connectivity index (χ0) is 24.1. The van der Waals surface area contributed by atoms with E-state index < -0.39 is 0 Å². The maximum atomic E-state index is 6.55. The first-order valence-electron chi connectivity index (χ1n) is 15.2. The molecule has 0 amide bonds. The van der Waals surface area contributed by atoms with Gasteiger partial charge < -0.3 is 9.64 Å². The van der Waals surface area contributed by atoms with Gasteiger partial charge in [0.2, 0.25) is 0 Å². The van der Waals surface area contributed by atoms with Crippen LogP contribution in [0.15, 0.2) is 30.3 Å². The van der Waals surface area contributed by atoms with Crippen LogP contribution in [0.3, 0.4) is 0 Å². The van der Waals surface area contributed by atoms with E-state index in [1.807, 2.05) is 0 Å². The molecule has 1 saturated heterocycles. The van der Waals surface area contributed by atoms with Gasteiger partial charge in [0.05, 0.1) is 13.0 Å². The second-order valence-corrected chi connectivity index (χ2v) is 12.4. The predicted molar refractivity (Wildman–Crippen MR) is 146 cm³/mol. The number of ether oxygens (including phenoxy) is 1. The summed E-state index contributed by atoms with van der Waals surface area (Å²) in [5.74, 6) is 3.19. The Balaban J connectivity index is 1.02. The summed E-state index contributed by atoms with van der Waals surface area (Å²) in [4.78, 5) is 2.65. The summed E-state index contributed by atoms with van der Waals surface area (Å²) in [6.07, 6.45) is 20.4. The molecule has 2 aliphatic heterocycles. The lowest BCUT2D eigenvalue weighted by atomic mass is 9.59. The molecule has 2 bridgehead atoms. The van der Waals surface area contributed by atoms with Crippen molar-refractivity contribution in [1.82, 2.24) is 4.90 Å². The van der Waals surface area contributed by atoms with Gasteiger partial charge in [-0.15, -0.1) is 0 Å². The monoisotopic (exact) mass is 479 g/mol. The molecule has 4 aliphatic rings. The van der Waals surface area contributed by atoms with Crippen molar-refractivity contribution in [2.75, 3.05) is 26.7 Å². The second-order valence-electron chi connectivity index (χ2n) is 12.4. The molecular weight excluding hydrogens is 428 g/mol. The van der Waals surface area contributed by atoms with Crippen molar-refractivity contribution in [1.29, 1.82) is 0 Å². The van der Waals surface area contributed by atoms with E-state index in [9.17, 15) is 0 Å². The highest BCUT2D eigenvalue weighted by Crippen LogP contribution is 2.55. The van der Waals surface area contributed by atoms with E-state index >= 15 is 0 Å². The highest BCUT2D eigenvalue weighted by Gasteiger charge is 2.61. The van der Waals surface area contributed by atoms with E-state index in [0.29, 0.717) is 5.41 Å². The lowest BCUT2D eigenvalue weighted by Gasteiger charge is -2.44. The number of unbranched alkanes of at least 4 members (excludes halogenated alkanes) is 1. The summed E-state index contributed by atoms with van der Waals surface area (Å²) in [5, 5.41) is 0. The van der Waals surface area contributed by atoms with E-state index in [-0.39, 0.29) is 0 Å². The van der Waals surface area contributed by atoms with Gasteiger partial charge in [-0.3, -0.25) is 0 Å². The van der Waals surface area contributed by atoms with Crippen molar-refractivity contribution in [3.8, 4) is 0 Å². The summed E-state index contributed by atoms with van der Waals surface area (Å²) >= 11 is 0. The lowest BCUT2D eigenvalue weighted by molar-refractivity contribution is -0.596. The Kier molecular flexibility index (Phi) is 8.53. The third kappa shape index (κ3) is 5.65. The maximum absolute atomic E-state index is 6.55. The van der Waals surface area contributed by atoms with Crippen LogP contribution in [0.2, 0.25) is 0 Å². The van der Waals surface area contributed by atoms with Gasteiger partial charge in [-0.2, -0.15) is 4.58 Å². The Hall–Kier alpha value is -1.35. The van der Waals surface area contributed by atoms with Crippen LogP contribution in [0.1, 0.15) is 102 Å². The van der Waals surface area contributed by atoms with Gasteiger partial charge in [-0.05, 0) is 95.2 Å². The van der Waals surface area contributed by atoms with Crippen molar-refractivity contribution >= 4 is 5.90 Å². The summed E-state index contributed by atoms with van der Waals surface area (Å²) in [7, 11) is 2.36. The average molecular weight is 480 g/mol. The first-order chi connectivity index (χ1) is 17.2. The van der Waals surface area contributed by atoms with Gasteiger partial charge in [-0.1, -0.05) is 50.1 Å². The first-order valence-corrected chi connectivity index (χ1v) is 15.2. The summed E-state index contributed by atoms with van der Waals surface area (Å²) in [6.45, 7) is 5.78. The molecule has 2 aliphatic carbocycles. The van der Waals surface area contributed by atoms with Crippen molar-refractivity contribution < 1.29 is 9.31 Å². The number of hydrogen-bond acceptors (Lipinski definition) is 2. The number of rotatable bonds is 10. The second kappa shape index (κ2) is 11.8. The van der Waals surface area contributed by atoms with Crippen molar-refractivity contribution in [2.45, 2.75) is 115 Å². The van der Waals surface area contributed by atoms with Gasteiger partial charge in [0, 0.05) is 24.3 Å². The Morgan fingerprint density at radius 3 is 2.63 bits per heavy atom. The molecule has 35 heavy (non-hydrogen) atoms. The third-order valence-corrected chi connectivity index (χ3v) is 10.4. The topological polar surface area (TPSA) is 15.5 Å². The minimum absolute atomic E-state index is 0.557. The van der Waals surface area contributed by atoms with Gasteiger partial charge in [0.15, 0.2) is 6.04 Å². The molecule has 0 aromatic heterocycles. The highest BCUT2D eigenvalue weighted by atomic mass is 16.5. The molecule has 3 atom stereocenters. The molecule has 3 heteroatoms. The van der Waals surface area contributed by atoms with Crippen LogP contribution in [0.4, 0.5) is 0 Å². The van der Waals surface area contributed by atoms with E-state index in [1.165, 1.54) is 121 Å². The molecule has 0 spiro atoms. The summed E-state index contributed by atoms with van der Waals surface area (Å²) in [5.41, 5.74) is 2.07. The molecule has 3 fully saturated rings. The van der Waals surface area contributed by atoms with Crippen LogP contribution >= 0.6 is 0 Å². The molecule has 1 aromatic rings. The molecular formula is C32H51N2O+. The maximum Gasteiger partial charge on any atom is 0.337 e. The van der Waals surface area contributed by atoms with Crippen molar-refractivity contribution in [2.24, 2.45) is 17.3 Å². The van der Waals surface area contributed by atoms with Crippen LogP contribution in [0.25, 0.3) is 0 Å². The number of benzene rings is 1. The standard InChI is InChI=1S/C32H51N2O/c1-3-11-28-19-22-34-30-14-7-8-20-32(28,30)25-31(34)35-23-10-9-21-33(2)29-17-15-27(16-18-29)24-26-12-5-4-6-13-26/h4-6,12-13,27-30H,3,7-11,14-25H2,1-2H3/q+1. The smallest absolute Gasteiger partial charge is 0.337 e. The van der Waals surface area contributed by atoms with Crippen LogP contribution in [-0.2, 0) is 11.2 Å². The highest BCUT2D eigenvalue weighted by molar-refractivity contribution is 5.74. The average Bonchev–Trinajstić information content (AvgIpc) is 3.13. The zero-order valence-corrected chi connectivity index (χ0v) is 22.7. The van der Waals surface area contributed by atoms with Gasteiger partial charge in [-0.25, -0.2) is 0 Å². The van der Waals surface area contributed by atoms with Crippen LogP contribution < -0.4 is 0 Å². The zero-order valence-electron chi connectivity index (χ0n) is 22.7. The van der Waals surface area contributed by atoms with Crippen molar-refractivity contribution in [3.05, 3.63) is 35.9 Å². The fourth-order valence-electron chi connectivity index (χ4n) is 8.45. The normalized spacial score (nSPS) is 32.7.